The zero-order valence-electron chi connectivity index (χ0n) is 17.7. The number of benzene rings is 2. The first-order valence-electron chi connectivity index (χ1n) is 9.99. The van der Waals surface area contributed by atoms with E-state index in [1.807, 2.05) is 0 Å². The molecular weight excluding hydrogens is 458 g/mol. The predicted octanol–water partition coefficient (Wildman–Crippen LogP) is 3.07. The summed E-state index contributed by atoms with van der Waals surface area (Å²) < 4.78 is 64.9. The zero-order valence-corrected chi connectivity index (χ0v) is 18.5. The van der Waals surface area contributed by atoms with E-state index >= 15 is 0 Å². The zero-order chi connectivity index (χ0) is 23.8. The number of aromatic nitrogens is 2. The number of ether oxygens (including phenoxy) is 1. The Labute approximate surface area is 188 Å². The molecule has 3 aromatic rings. The highest BCUT2D eigenvalue weighted by atomic mass is 32.2. The summed E-state index contributed by atoms with van der Waals surface area (Å²) in [7, 11) is -3.75. The van der Waals surface area contributed by atoms with Gasteiger partial charge in [0, 0.05) is 24.7 Å². The Bertz CT molecular complexity index is 1270. The number of anilines is 1. The number of nitrogens with zero attached hydrogens (tertiary/aromatic N) is 3. The molecule has 0 saturated carbocycles. The fourth-order valence-corrected chi connectivity index (χ4v) is 5.06. The van der Waals surface area contributed by atoms with Gasteiger partial charge in [0.25, 0.3) is 11.8 Å². The van der Waals surface area contributed by atoms with E-state index in [1.54, 1.807) is 13.8 Å². The van der Waals surface area contributed by atoms with Crippen molar-refractivity contribution in [1.82, 2.24) is 14.5 Å². The molecule has 1 aliphatic rings. The number of sulfonamides is 1. The molecule has 0 bridgehead atoms. The van der Waals surface area contributed by atoms with Crippen LogP contribution in [0.2, 0.25) is 0 Å². The average Bonchev–Trinajstić information content (AvgIpc) is 3.21. The van der Waals surface area contributed by atoms with Gasteiger partial charge in [0.15, 0.2) is 0 Å². The molecule has 2 aromatic carbocycles. The van der Waals surface area contributed by atoms with Crippen LogP contribution in [0.25, 0.3) is 11.5 Å². The molecule has 1 saturated heterocycles. The van der Waals surface area contributed by atoms with Gasteiger partial charge < -0.3 is 9.15 Å². The van der Waals surface area contributed by atoms with Gasteiger partial charge in [0.05, 0.1) is 22.7 Å². The normalized spacial score (nSPS) is 19.4. The second-order valence-corrected chi connectivity index (χ2v) is 9.53. The molecule has 1 N–H and O–H groups in total. The Balaban J connectivity index is 1.46. The molecule has 12 heteroatoms. The third kappa shape index (κ3) is 4.92. The number of carbonyl (C=O) groups is 1. The van der Waals surface area contributed by atoms with Gasteiger partial charge in [-0.1, -0.05) is 5.10 Å². The van der Waals surface area contributed by atoms with Crippen molar-refractivity contribution in [2.45, 2.75) is 31.0 Å². The van der Waals surface area contributed by atoms with E-state index in [0.29, 0.717) is 6.07 Å². The van der Waals surface area contributed by atoms with Gasteiger partial charge in [-0.25, -0.2) is 17.2 Å². The minimum Gasteiger partial charge on any atom is -0.403 e. The molecule has 0 radical (unpaired) electrons. The molecule has 2 atom stereocenters. The van der Waals surface area contributed by atoms with Gasteiger partial charge in [0.1, 0.15) is 11.6 Å². The fraction of sp³-hybridized carbons (Fsp3) is 0.286. The maximum absolute atomic E-state index is 13.9. The first kappa shape index (κ1) is 23.0. The lowest BCUT2D eigenvalue weighted by atomic mass is 10.2. The topological polar surface area (TPSA) is 115 Å². The van der Waals surface area contributed by atoms with Crippen LogP contribution in [0.15, 0.2) is 51.8 Å². The predicted molar refractivity (Wildman–Crippen MR) is 113 cm³/mol. The summed E-state index contributed by atoms with van der Waals surface area (Å²) in [5, 5.41) is 9.64. The van der Waals surface area contributed by atoms with Crippen LogP contribution in [0, 0.1) is 11.6 Å². The van der Waals surface area contributed by atoms with Gasteiger partial charge in [-0.05, 0) is 50.2 Å². The molecule has 9 nitrogen and oxygen atoms in total. The van der Waals surface area contributed by atoms with E-state index < -0.39 is 27.6 Å². The molecule has 174 valence electrons. The maximum Gasteiger partial charge on any atom is 0.322 e. The Morgan fingerprint density at radius 3 is 2.36 bits per heavy atom. The summed E-state index contributed by atoms with van der Waals surface area (Å²) in [6, 6.07) is 7.93. The van der Waals surface area contributed by atoms with Crippen molar-refractivity contribution in [3.63, 3.8) is 0 Å². The largest absolute Gasteiger partial charge is 0.403 e. The molecule has 33 heavy (non-hydrogen) atoms. The number of hydrogen-bond donors (Lipinski definition) is 1. The van der Waals surface area contributed by atoms with Crippen molar-refractivity contribution in [3.8, 4) is 11.5 Å². The number of halogens is 2. The molecule has 1 aromatic heterocycles. The highest BCUT2D eigenvalue weighted by Crippen LogP contribution is 2.24. The molecule has 4 rings (SSSR count). The van der Waals surface area contributed by atoms with Crippen LogP contribution in [-0.4, -0.2) is 54.1 Å². The van der Waals surface area contributed by atoms with E-state index in [2.05, 4.69) is 15.5 Å². The highest BCUT2D eigenvalue weighted by molar-refractivity contribution is 7.89. The summed E-state index contributed by atoms with van der Waals surface area (Å²) in [6.07, 6.45) is -0.451. The molecule has 2 heterocycles. The van der Waals surface area contributed by atoms with Crippen molar-refractivity contribution >= 4 is 21.9 Å². The van der Waals surface area contributed by atoms with Crippen molar-refractivity contribution in [2.75, 3.05) is 18.4 Å². The minimum absolute atomic E-state index is 0.0483. The van der Waals surface area contributed by atoms with Crippen LogP contribution < -0.4 is 5.32 Å². The fourth-order valence-electron chi connectivity index (χ4n) is 3.47. The number of hydrogen-bond acceptors (Lipinski definition) is 7. The lowest BCUT2D eigenvalue weighted by Crippen LogP contribution is -2.48. The van der Waals surface area contributed by atoms with Crippen molar-refractivity contribution in [3.05, 3.63) is 59.7 Å². The van der Waals surface area contributed by atoms with Gasteiger partial charge >= 0.3 is 6.01 Å². The average molecular weight is 478 g/mol. The van der Waals surface area contributed by atoms with Crippen LogP contribution in [-0.2, 0) is 14.8 Å². The first-order chi connectivity index (χ1) is 15.6. The number of carbonyl (C=O) groups excluding carboxylic acids is 1. The Morgan fingerprint density at radius 2 is 1.73 bits per heavy atom. The molecule has 0 spiro atoms. The molecular formula is C21H20F2N4O5S. The van der Waals surface area contributed by atoms with Crippen LogP contribution in [0.3, 0.4) is 0 Å². The number of amides is 1. The standard InChI is InChI=1S/C21H20F2N4O5S/c1-12-10-27(11-13(2)31-12)33(29,30)16-6-3-14(4-7-16)19(28)24-21-26-25-20(32-21)17-8-5-15(22)9-18(17)23/h3-9,12-13H,10-11H2,1-2H3,(H,24,26,28). The molecule has 1 aliphatic heterocycles. The van der Waals surface area contributed by atoms with Crippen LogP contribution in [0.1, 0.15) is 24.2 Å². The van der Waals surface area contributed by atoms with E-state index in [9.17, 15) is 22.0 Å². The highest BCUT2D eigenvalue weighted by Gasteiger charge is 2.32. The smallest absolute Gasteiger partial charge is 0.322 e. The Kier molecular flexibility index (Phi) is 6.23. The van der Waals surface area contributed by atoms with E-state index in [4.69, 9.17) is 9.15 Å². The second kappa shape index (κ2) is 8.96. The molecule has 0 aliphatic carbocycles. The monoisotopic (exact) mass is 478 g/mol. The van der Waals surface area contributed by atoms with Gasteiger partial charge in [-0.15, -0.1) is 5.10 Å². The summed E-state index contributed by atoms with van der Waals surface area (Å²) in [5.41, 5.74) is 0.0242. The van der Waals surface area contributed by atoms with Crippen molar-refractivity contribution < 1.29 is 31.1 Å². The van der Waals surface area contributed by atoms with Crippen LogP contribution in [0.5, 0.6) is 0 Å². The quantitative estimate of drug-likeness (QED) is 0.599. The van der Waals surface area contributed by atoms with E-state index in [1.165, 1.54) is 28.6 Å². The van der Waals surface area contributed by atoms with Crippen LogP contribution >= 0.6 is 0 Å². The number of rotatable bonds is 5. The second-order valence-electron chi connectivity index (χ2n) is 7.59. The Hall–Kier alpha value is -3.22. The summed E-state index contributed by atoms with van der Waals surface area (Å²) in [5.74, 6) is -2.52. The Morgan fingerprint density at radius 1 is 1.06 bits per heavy atom. The third-order valence-corrected chi connectivity index (χ3v) is 6.79. The lowest BCUT2D eigenvalue weighted by molar-refractivity contribution is -0.0440. The van der Waals surface area contributed by atoms with Gasteiger partial charge in [-0.2, -0.15) is 4.31 Å². The van der Waals surface area contributed by atoms with Gasteiger partial charge in [-0.3, -0.25) is 10.1 Å². The summed E-state index contributed by atoms with van der Waals surface area (Å²) >= 11 is 0. The SMILES string of the molecule is CC1CN(S(=O)(=O)c2ccc(C(=O)Nc3nnc(-c4ccc(F)cc4F)o3)cc2)CC(C)O1. The maximum atomic E-state index is 13.9. The number of morpholine rings is 1. The molecule has 1 fully saturated rings. The lowest BCUT2D eigenvalue weighted by Gasteiger charge is -2.34. The van der Waals surface area contributed by atoms with Crippen LogP contribution in [0.4, 0.5) is 14.8 Å². The van der Waals surface area contributed by atoms with Crippen molar-refractivity contribution in [1.29, 1.82) is 0 Å². The van der Waals surface area contributed by atoms with Crippen molar-refractivity contribution in [2.24, 2.45) is 0 Å². The minimum atomic E-state index is -3.75. The molecule has 2 unspecified atom stereocenters. The molecule has 1 amide bonds. The number of nitrogens with one attached hydrogen (secondary N) is 1. The summed E-state index contributed by atoms with van der Waals surface area (Å²) in [6.45, 7) is 4.09. The van der Waals surface area contributed by atoms with E-state index in [0.717, 1.165) is 12.1 Å². The summed E-state index contributed by atoms with van der Waals surface area (Å²) in [4.78, 5) is 12.5. The third-order valence-electron chi connectivity index (χ3n) is 4.95. The van der Waals surface area contributed by atoms with Gasteiger partial charge in [0.2, 0.25) is 10.0 Å². The van der Waals surface area contributed by atoms with E-state index in [-0.39, 0.29) is 53.2 Å². The first-order valence-corrected chi connectivity index (χ1v) is 11.4.